The molecule has 1 aromatic carbocycles. The molecule has 0 aliphatic carbocycles. The third-order valence-corrected chi connectivity index (χ3v) is 2.64. The van der Waals surface area contributed by atoms with Gasteiger partial charge < -0.3 is 4.90 Å². The molecule has 0 N–H and O–H groups in total. The zero-order valence-corrected chi connectivity index (χ0v) is 10.3. The van der Waals surface area contributed by atoms with Crippen molar-refractivity contribution in [3.8, 4) is 0 Å². The maximum absolute atomic E-state index is 12.5. The molecule has 0 aliphatic heterocycles. The fourth-order valence-electron chi connectivity index (χ4n) is 1.67. The maximum Gasteiger partial charge on any atom is 0.255 e. The van der Waals surface area contributed by atoms with Gasteiger partial charge in [0.2, 0.25) is 0 Å². The van der Waals surface area contributed by atoms with Gasteiger partial charge in [0.1, 0.15) is 5.82 Å². The largest absolute Gasteiger partial charge is 0.348 e. The van der Waals surface area contributed by atoms with E-state index in [4.69, 9.17) is 11.6 Å². The summed E-state index contributed by atoms with van der Waals surface area (Å²) < 4.78 is 24.9. The Bertz CT molecular complexity index is 521. The van der Waals surface area contributed by atoms with E-state index in [-0.39, 0.29) is 12.4 Å². The molecule has 0 fully saturated rings. The van der Waals surface area contributed by atoms with Gasteiger partial charge in [-0.25, -0.2) is 13.8 Å². The lowest BCUT2D eigenvalue weighted by atomic mass is 10.3. The van der Waals surface area contributed by atoms with Gasteiger partial charge in [-0.05, 0) is 12.1 Å². The van der Waals surface area contributed by atoms with E-state index in [2.05, 4.69) is 9.97 Å². The minimum Gasteiger partial charge on any atom is -0.348 e. The number of benzene rings is 1. The number of aromatic nitrogens is 2. The number of hydrogen-bond acceptors (Lipinski definition) is 3. The Kier molecular flexibility index (Phi) is 4.25. The molecule has 1 heterocycles. The van der Waals surface area contributed by atoms with Gasteiger partial charge in [0.05, 0.1) is 23.8 Å². The van der Waals surface area contributed by atoms with Gasteiger partial charge in [-0.15, -0.1) is 11.6 Å². The molecule has 0 spiro atoms. The van der Waals surface area contributed by atoms with Crippen LogP contribution >= 0.6 is 11.6 Å². The van der Waals surface area contributed by atoms with E-state index >= 15 is 0 Å². The Hall–Kier alpha value is -1.49. The first kappa shape index (κ1) is 13.0. The molecule has 0 aliphatic rings. The smallest absolute Gasteiger partial charge is 0.255 e. The van der Waals surface area contributed by atoms with Crippen molar-refractivity contribution in [2.75, 3.05) is 23.9 Å². The Morgan fingerprint density at radius 1 is 1.22 bits per heavy atom. The van der Waals surface area contributed by atoms with Gasteiger partial charge in [-0.2, -0.15) is 0 Å². The van der Waals surface area contributed by atoms with Crippen LogP contribution in [0, 0.1) is 0 Å². The molecular formula is C12H12ClF2N3. The summed E-state index contributed by atoms with van der Waals surface area (Å²) in [6, 6.07) is 7.31. The van der Waals surface area contributed by atoms with Crippen molar-refractivity contribution < 1.29 is 8.78 Å². The highest BCUT2D eigenvalue weighted by molar-refractivity contribution is 6.18. The van der Waals surface area contributed by atoms with Gasteiger partial charge in [-0.3, -0.25) is 4.98 Å². The molecule has 0 saturated carbocycles. The van der Waals surface area contributed by atoms with Crippen LogP contribution in [0.4, 0.5) is 14.6 Å². The lowest BCUT2D eigenvalue weighted by Gasteiger charge is -2.21. The maximum atomic E-state index is 12.5. The van der Waals surface area contributed by atoms with Gasteiger partial charge in [0.25, 0.3) is 6.43 Å². The summed E-state index contributed by atoms with van der Waals surface area (Å²) >= 11 is 5.61. The molecular weight excluding hydrogens is 260 g/mol. The van der Waals surface area contributed by atoms with Crippen LogP contribution in [-0.4, -0.2) is 35.4 Å². The van der Waals surface area contributed by atoms with Crippen molar-refractivity contribution >= 4 is 28.5 Å². The SMILES string of the molecule is FC(F)CN(CCCl)c1cnc2ccccc2n1. The van der Waals surface area contributed by atoms with E-state index in [1.165, 1.54) is 11.1 Å². The highest BCUT2D eigenvalue weighted by atomic mass is 35.5. The zero-order valence-electron chi connectivity index (χ0n) is 9.56. The molecule has 0 saturated heterocycles. The quantitative estimate of drug-likeness (QED) is 0.783. The standard InChI is InChI=1S/C12H12ClF2N3/c13-5-6-18(8-11(14)15)12-7-16-9-3-1-2-4-10(9)17-12/h1-4,7,11H,5-6,8H2. The molecule has 0 radical (unpaired) electrons. The first-order valence-electron chi connectivity index (χ1n) is 5.51. The van der Waals surface area contributed by atoms with Crippen LogP contribution in [0.2, 0.25) is 0 Å². The summed E-state index contributed by atoms with van der Waals surface area (Å²) in [7, 11) is 0. The van der Waals surface area contributed by atoms with E-state index in [9.17, 15) is 8.78 Å². The van der Waals surface area contributed by atoms with Crippen LogP contribution in [0.25, 0.3) is 11.0 Å². The summed E-state index contributed by atoms with van der Waals surface area (Å²) in [5.74, 6) is 0.691. The lowest BCUT2D eigenvalue weighted by molar-refractivity contribution is 0.155. The minimum absolute atomic E-state index is 0.265. The average Bonchev–Trinajstić information content (AvgIpc) is 2.37. The number of para-hydroxylation sites is 2. The van der Waals surface area contributed by atoms with E-state index in [1.807, 2.05) is 18.2 Å². The Morgan fingerprint density at radius 3 is 2.61 bits per heavy atom. The summed E-state index contributed by atoms with van der Waals surface area (Å²) in [6.45, 7) is -0.0708. The number of anilines is 1. The monoisotopic (exact) mass is 271 g/mol. The van der Waals surface area contributed by atoms with Crippen molar-refractivity contribution in [2.45, 2.75) is 6.43 Å². The summed E-state index contributed by atoms with van der Waals surface area (Å²) in [5, 5.41) is 0. The Morgan fingerprint density at radius 2 is 1.94 bits per heavy atom. The van der Waals surface area contributed by atoms with Crippen LogP contribution in [0.15, 0.2) is 30.5 Å². The molecule has 6 heteroatoms. The van der Waals surface area contributed by atoms with Gasteiger partial charge in [0, 0.05) is 12.4 Å². The van der Waals surface area contributed by atoms with E-state index < -0.39 is 6.43 Å². The first-order valence-corrected chi connectivity index (χ1v) is 6.05. The second-order valence-electron chi connectivity index (χ2n) is 3.74. The van der Waals surface area contributed by atoms with Crippen LogP contribution in [0.3, 0.4) is 0 Å². The minimum atomic E-state index is -2.43. The molecule has 18 heavy (non-hydrogen) atoms. The molecule has 3 nitrogen and oxygen atoms in total. The Labute approximate surface area is 108 Å². The second kappa shape index (κ2) is 5.91. The third kappa shape index (κ3) is 3.04. The van der Waals surface area contributed by atoms with E-state index in [0.29, 0.717) is 17.9 Å². The summed E-state index contributed by atoms with van der Waals surface area (Å²) in [5.41, 5.74) is 1.42. The fourth-order valence-corrected chi connectivity index (χ4v) is 1.87. The van der Waals surface area contributed by atoms with Crippen molar-refractivity contribution in [3.05, 3.63) is 30.5 Å². The topological polar surface area (TPSA) is 29.0 Å². The molecule has 1 aromatic heterocycles. The number of halogens is 3. The predicted molar refractivity (Wildman–Crippen MR) is 68.5 cm³/mol. The molecule has 96 valence electrons. The van der Waals surface area contributed by atoms with Crippen molar-refractivity contribution in [3.63, 3.8) is 0 Å². The summed E-state index contributed by atoms with van der Waals surface area (Å²) in [6.07, 6.45) is -0.932. The molecule has 0 atom stereocenters. The zero-order chi connectivity index (χ0) is 13.0. The van der Waals surface area contributed by atoms with Crippen molar-refractivity contribution in [1.82, 2.24) is 9.97 Å². The Balaban J connectivity index is 2.31. The normalized spacial score (nSPS) is 11.1. The molecule has 0 bridgehead atoms. The third-order valence-electron chi connectivity index (χ3n) is 2.47. The van der Waals surface area contributed by atoms with E-state index in [0.717, 1.165) is 5.52 Å². The highest BCUT2D eigenvalue weighted by Gasteiger charge is 2.14. The number of alkyl halides is 3. The molecule has 2 aromatic rings. The highest BCUT2D eigenvalue weighted by Crippen LogP contribution is 2.16. The number of fused-ring (bicyclic) bond motifs is 1. The van der Waals surface area contributed by atoms with Crippen molar-refractivity contribution in [1.29, 1.82) is 0 Å². The fraction of sp³-hybridized carbons (Fsp3) is 0.333. The number of rotatable bonds is 5. The van der Waals surface area contributed by atoms with Crippen LogP contribution in [0.5, 0.6) is 0 Å². The average molecular weight is 272 g/mol. The second-order valence-corrected chi connectivity index (χ2v) is 4.12. The number of hydrogen-bond donors (Lipinski definition) is 0. The first-order chi connectivity index (χ1) is 8.70. The van der Waals surface area contributed by atoms with E-state index in [1.54, 1.807) is 6.07 Å². The summed E-state index contributed by atoms with van der Waals surface area (Å²) in [4.78, 5) is 9.96. The van der Waals surface area contributed by atoms with Crippen LogP contribution < -0.4 is 4.90 Å². The van der Waals surface area contributed by atoms with Gasteiger partial charge in [-0.1, -0.05) is 12.1 Å². The molecule has 2 rings (SSSR count). The lowest BCUT2D eigenvalue weighted by Crippen LogP contribution is -2.31. The number of nitrogens with zero attached hydrogens (tertiary/aromatic N) is 3. The van der Waals surface area contributed by atoms with Gasteiger partial charge in [0.15, 0.2) is 0 Å². The van der Waals surface area contributed by atoms with Crippen LogP contribution in [0.1, 0.15) is 0 Å². The van der Waals surface area contributed by atoms with Crippen LogP contribution in [-0.2, 0) is 0 Å². The van der Waals surface area contributed by atoms with Crippen molar-refractivity contribution in [2.24, 2.45) is 0 Å². The molecule has 0 amide bonds. The molecule has 0 unspecified atom stereocenters. The van der Waals surface area contributed by atoms with Gasteiger partial charge >= 0.3 is 0 Å². The predicted octanol–water partition coefficient (Wildman–Crippen LogP) is 2.94.